The molecule has 0 N–H and O–H groups in total. The molecule has 0 saturated carbocycles. The molecule has 0 spiro atoms. The number of methoxy groups -OCH3 is 1. The first-order valence-corrected chi connectivity index (χ1v) is 4.84. The average molecular weight is 217 g/mol. The molecule has 1 heterocycles. The van der Waals surface area contributed by atoms with Gasteiger partial charge in [-0.25, -0.2) is 4.79 Å². The first kappa shape index (κ1) is 10.4. The van der Waals surface area contributed by atoms with Crippen LogP contribution in [0.3, 0.4) is 0 Å². The van der Waals surface area contributed by atoms with Gasteiger partial charge in [0, 0.05) is 18.5 Å². The molecular weight excluding hydrogens is 206 g/mol. The highest BCUT2D eigenvalue weighted by atomic mass is 16.5. The highest BCUT2D eigenvalue weighted by molar-refractivity contribution is 6.07. The summed E-state index contributed by atoms with van der Waals surface area (Å²) in [5, 5.41) is 0.726. The van der Waals surface area contributed by atoms with Crippen LogP contribution in [0.25, 0.3) is 10.9 Å². The number of hydrogen-bond acceptors (Lipinski definition) is 3. The molecule has 2 rings (SSSR count). The molecule has 2 aromatic rings. The third-order valence-corrected chi connectivity index (χ3v) is 2.46. The number of hydrogen-bond donors (Lipinski definition) is 0. The summed E-state index contributed by atoms with van der Waals surface area (Å²) in [6.45, 7) is 1.45. The van der Waals surface area contributed by atoms with E-state index >= 15 is 0 Å². The Morgan fingerprint density at radius 3 is 2.56 bits per heavy atom. The molecule has 4 heteroatoms. The van der Waals surface area contributed by atoms with E-state index in [1.54, 1.807) is 12.1 Å². The quantitative estimate of drug-likeness (QED) is 0.687. The fourth-order valence-corrected chi connectivity index (χ4v) is 1.71. The van der Waals surface area contributed by atoms with E-state index in [1.165, 1.54) is 24.8 Å². The zero-order valence-corrected chi connectivity index (χ0v) is 9.06. The summed E-state index contributed by atoms with van der Waals surface area (Å²) in [6, 6.07) is 7.23. The Balaban J connectivity index is 2.76. The predicted octanol–water partition coefficient (Wildman–Crippen LogP) is 2.09. The molecule has 0 unspecified atom stereocenters. The zero-order chi connectivity index (χ0) is 11.7. The third-order valence-electron chi connectivity index (χ3n) is 2.46. The van der Waals surface area contributed by atoms with E-state index < -0.39 is 5.97 Å². The molecule has 0 aliphatic rings. The topological polar surface area (TPSA) is 48.3 Å². The Morgan fingerprint density at radius 1 is 1.25 bits per heavy atom. The maximum atomic E-state index is 11.5. The van der Waals surface area contributed by atoms with E-state index in [-0.39, 0.29) is 5.91 Å². The van der Waals surface area contributed by atoms with Crippen LogP contribution in [0.4, 0.5) is 0 Å². The van der Waals surface area contributed by atoms with Crippen LogP contribution < -0.4 is 0 Å². The second-order valence-electron chi connectivity index (χ2n) is 3.44. The Hall–Kier alpha value is -2.10. The van der Waals surface area contributed by atoms with Crippen molar-refractivity contribution in [2.24, 2.45) is 0 Å². The number of rotatable bonds is 1. The van der Waals surface area contributed by atoms with Crippen LogP contribution in [-0.2, 0) is 4.74 Å². The second kappa shape index (κ2) is 3.81. The summed E-state index contributed by atoms with van der Waals surface area (Å²) in [5.41, 5.74) is 1.13. The predicted molar refractivity (Wildman–Crippen MR) is 59.6 cm³/mol. The van der Waals surface area contributed by atoms with Gasteiger partial charge in [0.2, 0.25) is 5.91 Å². The van der Waals surface area contributed by atoms with Crippen molar-refractivity contribution in [2.75, 3.05) is 7.11 Å². The van der Waals surface area contributed by atoms with Crippen LogP contribution in [-0.4, -0.2) is 23.6 Å². The maximum Gasteiger partial charge on any atom is 0.340 e. The largest absolute Gasteiger partial charge is 0.465 e. The lowest BCUT2D eigenvalue weighted by Gasteiger charge is -1.96. The molecule has 0 bridgehead atoms. The van der Waals surface area contributed by atoms with Gasteiger partial charge >= 0.3 is 5.97 Å². The molecule has 82 valence electrons. The van der Waals surface area contributed by atoms with Crippen molar-refractivity contribution in [1.29, 1.82) is 0 Å². The minimum atomic E-state index is -0.434. The normalized spacial score (nSPS) is 10.4. The van der Waals surface area contributed by atoms with Gasteiger partial charge in [-0.05, 0) is 6.07 Å². The van der Waals surface area contributed by atoms with E-state index in [9.17, 15) is 9.59 Å². The SMILES string of the molecule is COC(=O)c1cn(C(C)=O)c2ccccc12. The smallest absolute Gasteiger partial charge is 0.340 e. The minimum Gasteiger partial charge on any atom is -0.465 e. The lowest BCUT2D eigenvalue weighted by Crippen LogP contribution is -2.04. The van der Waals surface area contributed by atoms with Crippen LogP contribution in [0, 0.1) is 0 Å². The van der Waals surface area contributed by atoms with Crippen molar-refractivity contribution in [1.82, 2.24) is 4.57 Å². The highest BCUT2D eigenvalue weighted by Gasteiger charge is 2.16. The Kier molecular flexibility index (Phi) is 2.48. The van der Waals surface area contributed by atoms with Crippen molar-refractivity contribution < 1.29 is 14.3 Å². The molecule has 0 saturated heterocycles. The second-order valence-corrected chi connectivity index (χ2v) is 3.44. The number of carbonyl (C=O) groups is 2. The number of fused-ring (bicyclic) bond motifs is 1. The van der Waals surface area contributed by atoms with E-state index in [4.69, 9.17) is 0 Å². The van der Waals surface area contributed by atoms with E-state index in [2.05, 4.69) is 4.74 Å². The van der Waals surface area contributed by atoms with Gasteiger partial charge in [0.05, 0.1) is 18.2 Å². The summed E-state index contributed by atoms with van der Waals surface area (Å²) < 4.78 is 6.12. The number of ether oxygens (including phenoxy) is 1. The summed E-state index contributed by atoms with van der Waals surface area (Å²) in [4.78, 5) is 22.9. The standard InChI is InChI=1S/C12H11NO3/c1-8(14)13-7-10(12(15)16-2)9-5-3-4-6-11(9)13/h3-7H,1-2H3. The number of aromatic nitrogens is 1. The molecule has 0 atom stereocenters. The lowest BCUT2D eigenvalue weighted by atomic mass is 10.2. The number of nitrogens with zero attached hydrogens (tertiary/aromatic N) is 1. The van der Waals surface area contributed by atoms with Gasteiger partial charge in [-0.15, -0.1) is 0 Å². The third kappa shape index (κ3) is 1.48. The molecule has 0 amide bonds. The van der Waals surface area contributed by atoms with Gasteiger partial charge in [-0.3, -0.25) is 9.36 Å². The minimum absolute atomic E-state index is 0.133. The molecule has 16 heavy (non-hydrogen) atoms. The zero-order valence-electron chi connectivity index (χ0n) is 9.06. The van der Waals surface area contributed by atoms with E-state index in [0.29, 0.717) is 5.56 Å². The summed E-state index contributed by atoms with van der Waals surface area (Å²) in [6.07, 6.45) is 1.51. The molecule has 0 aliphatic carbocycles. The van der Waals surface area contributed by atoms with Crippen molar-refractivity contribution in [3.8, 4) is 0 Å². The van der Waals surface area contributed by atoms with Crippen LogP contribution in [0.1, 0.15) is 22.1 Å². The van der Waals surface area contributed by atoms with Gasteiger partial charge in [0.1, 0.15) is 0 Å². The van der Waals surface area contributed by atoms with Crippen molar-refractivity contribution in [3.63, 3.8) is 0 Å². The summed E-state index contributed by atoms with van der Waals surface area (Å²) >= 11 is 0. The Morgan fingerprint density at radius 2 is 1.94 bits per heavy atom. The molecule has 0 radical (unpaired) electrons. The number of esters is 1. The molecule has 0 fully saturated rings. The molecule has 1 aromatic carbocycles. The highest BCUT2D eigenvalue weighted by Crippen LogP contribution is 2.21. The number of carbonyl (C=O) groups excluding carboxylic acids is 2. The molecule has 4 nitrogen and oxygen atoms in total. The lowest BCUT2D eigenvalue weighted by molar-refractivity contribution is 0.0603. The van der Waals surface area contributed by atoms with Crippen molar-refractivity contribution in [2.45, 2.75) is 6.92 Å². The Bertz CT molecular complexity index is 569. The summed E-state index contributed by atoms with van der Waals surface area (Å²) in [7, 11) is 1.32. The Labute approximate surface area is 92.4 Å². The number of para-hydroxylation sites is 1. The van der Waals surface area contributed by atoms with Crippen molar-refractivity contribution in [3.05, 3.63) is 36.0 Å². The van der Waals surface area contributed by atoms with E-state index in [0.717, 1.165) is 10.9 Å². The van der Waals surface area contributed by atoms with Gasteiger partial charge in [-0.2, -0.15) is 0 Å². The van der Waals surface area contributed by atoms with Crippen LogP contribution >= 0.6 is 0 Å². The van der Waals surface area contributed by atoms with Crippen molar-refractivity contribution >= 4 is 22.8 Å². The average Bonchev–Trinajstić information content (AvgIpc) is 2.67. The van der Waals surface area contributed by atoms with Gasteiger partial charge in [0.25, 0.3) is 0 Å². The fourth-order valence-electron chi connectivity index (χ4n) is 1.71. The van der Waals surface area contributed by atoms with E-state index in [1.807, 2.05) is 12.1 Å². The maximum absolute atomic E-state index is 11.5. The first-order valence-electron chi connectivity index (χ1n) is 4.84. The molecular formula is C12H11NO3. The molecule has 1 aromatic heterocycles. The first-order chi connectivity index (χ1) is 7.65. The summed E-state index contributed by atoms with van der Waals surface area (Å²) in [5.74, 6) is -0.567. The fraction of sp³-hybridized carbons (Fsp3) is 0.167. The van der Waals surface area contributed by atoms with Crippen LogP contribution in [0.15, 0.2) is 30.5 Å². The van der Waals surface area contributed by atoms with Crippen LogP contribution in [0.2, 0.25) is 0 Å². The van der Waals surface area contributed by atoms with Gasteiger partial charge < -0.3 is 4.74 Å². The van der Waals surface area contributed by atoms with Crippen LogP contribution in [0.5, 0.6) is 0 Å². The van der Waals surface area contributed by atoms with Gasteiger partial charge in [-0.1, -0.05) is 18.2 Å². The molecule has 0 aliphatic heterocycles. The monoisotopic (exact) mass is 217 g/mol. The number of benzene rings is 1. The van der Waals surface area contributed by atoms with Gasteiger partial charge in [0.15, 0.2) is 0 Å².